The minimum atomic E-state index is -0.763. The molecule has 82 valence electrons. The van der Waals surface area contributed by atoms with Crippen LogP contribution in [0, 0.1) is 0 Å². The highest BCUT2D eigenvalue weighted by Crippen LogP contribution is 2.01. The van der Waals surface area contributed by atoms with E-state index in [0.717, 1.165) is 0 Å². The lowest BCUT2D eigenvalue weighted by molar-refractivity contribution is 0.0467. The first-order valence-electron chi connectivity index (χ1n) is 4.37. The van der Waals surface area contributed by atoms with E-state index >= 15 is 0 Å². The number of hydrogen-bond donors (Lipinski definition) is 0. The molecule has 1 aromatic rings. The molecule has 0 aromatic carbocycles. The van der Waals surface area contributed by atoms with Crippen LogP contribution >= 0.6 is 0 Å². The van der Waals surface area contributed by atoms with Gasteiger partial charge in [-0.05, 0) is 19.0 Å². The fourth-order valence-electron chi connectivity index (χ4n) is 0.778. The third-order valence-corrected chi connectivity index (χ3v) is 1.33. The van der Waals surface area contributed by atoms with Crippen LogP contribution in [0.1, 0.15) is 35.2 Å². The SMILES string of the molecule is CCOC(=O)c1noc(C(=O)OCC)n1. The number of rotatable bonds is 4. The molecule has 15 heavy (non-hydrogen) atoms. The molecule has 0 unspecified atom stereocenters. The van der Waals surface area contributed by atoms with Crippen molar-refractivity contribution in [2.75, 3.05) is 13.2 Å². The average molecular weight is 214 g/mol. The molecule has 1 aromatic heterocycles. The molecule has 0 aliphatic rings. The Hall–Kier alpha value is -1.92. The summed E-state index contributed by atoms with van der Waals surface area (Å²) in [5, 5.41) is 3.28. The van der Waals surface area contributed by atoms with Gasteiger partial charge < -0.3 is 14.0 Å². The van der Waals surface area contributed by atoms with Gasteiger partial charge in [0.1, 0.15) is 0 Å². The fourth-order valence-corrected chi connectivity index (χ4v) is 0.778. The second-order valence-corrected chi connectivity index (χ2v) is 2.36. The summed E-state index contributed by atoms with van der Waals surface area (Å²) in [6.45, 7) is 3.67. The third kappa shape index (κ3) is 2.76. The number of ether oxygens (including phenoxy) is 2. The Morgan fingerprint density at radius 2 is 1.80 bits per heavy atom. The molecular weight excluding hydrogens is 204 g/mol. The van der Waals surface area contributed by atoms with Gasteiger partial charge in [-0.25, -0.2) is 9.59 Å². The van der Waals surface area contributed by atoms with Crippen LogP contribution in [-0.4, -0.2) is 35.3 Å². The van der Waals surface area contributed by atoms with Crippen LogP contribution < -0.4 is 0 Å². The lowest BCUT2D eigenvalue weighted by Gasteiger charge is -1.94. The van der Waals surface area contributed by atoms with Gasteiger partial charge >= 0.3 is 17.8 Å². The highest BCUT2D eigenvalue weighted by atomic mass is 16.6. The Morgan fingerprint density at radius 1 is 1.20 bits per heavy atom. The molecule has 7 nitrogen and oxygen atoms in total. The first-order valence-corrected chi connectivity index (χ1v) is 4.37. The molecule has 0 aliphatic heterocycles. The van der Waals surface area contributed by atoms with Crippen LogP contribution in [0.2, 0.25) is 0 Å². The molecule has 0 spiro atoms. The lowest BCUT2D eigenvalue weighted by Crippen LogP contribution is -2.08. The minimum absolute atomic E-state index is 0.190. The molecular formula is C8H10N2O5. The van der Waals surface area contributed by atoms with Crippen LogP contribution in [-0.2, 0) is 9.47 Å². The number of hydrogen-bond acceptors (Lipinski definition) is 7. The zero-order valence-corrected chi connectivity index (χ0v) is 8.35. The van der Waals surface area contributed by atoms with Crippen molar-refractivity contribution in [3.8, 4) is 0 Å². The molecule has 0 saturated carbocycles. The smallest absolute Gasteiger partial charge is 0.397 e. The van der Waals surface area contributed by atoms with Crippen molar-refractivity contribution in [3.05, 3.63) is 11.7 Å². The summed E-state index contributed by atoms with van der Waals surface area (Å²) in [6.07, 6.45) is 0. The highest BCUT2D eigenvalue weighted by molar-refractivity contribution is 5.88. The van der Waals surface area contributed by atoms with Gasteiger partial charge in [0.25, 0.3) is 5.82 Å². The number of aromatic nitrogens is 2. The normalized spacial score (nSPS) is 9.73. The molecule has 0 bridgehead atoms. The van der Waals surface area contributed by atoms with Gasteiger partial charge in [0.05, 0.1) is 13.2 Å². The van der Waals surface area contributed by atoms with E-state index in [2.05, 4.69) is 24.1 Å². The summed E-state index contributed by atoms with van der Waals surface area (Å²) in [7, 11) is 0. The number of esters is 2. The van der Waals surface area contributed by atoms with Gasteiger partial charge in [-0.15, -0.1) is 0 Å². The van der Waals surface area contributed by atoms with Crippen molar-refractivity contribution >= 4 is 11.9 Å². The molecule has 0 amide bonds. The molecule has 0 fully saturated rings. The predicted octanol–water partition coefficient (Wildman–Crippen LogP) is 0.423. The second-order valence-electron chi connectivity index (χ2n) is 2.36. The van der Waals surface area contributed by atoms with Crippen LogP contribution in [0.25, 0.3) is 0 Å². The Labute approximate surface area is 85.4 Å². The maximum Gasteiger partial charge on any atom is 0.397 e. The highest BCUT2D eigenvalue weighted by Gasteiger charge is 2.20. The van der Waals surface area contributed by atoms with Crippen molar-refractivity contribution < 1.29 is 23.6 Å². The van der Waals surface area contributed by atoms with Gasteiger partial charge in [-0.3, -0.25) is 0 Å². The number of carbonyl (C=O) groups excluding carboxylic acids is 2. The quantitative estimate of drug-likeness (QED) is 0.670. The summed E-state index contributed by atoms with van der Waals surface area (Å²) in [6, 6.07) is 0. The Balaban J connectivity index is 2.71. The molecule has 0 radical (unpaired) electrons. The maximum absolute atomic E-state index is 11.1. The lowest BCUT2D eigenvalue weighted by atomic mass is 10.6. The van der Waals surface area contributed by atoms with Gasteiger partial charge in [0.15, 0.2) is 0 Å². The zero-order chi connectivity index (χ0) is 11.3. The van der Waals surface area contributed by atoms with E-state index in [9.17, 15) is 9.59 Å². The largest absolute Gasteiger partial charge is 0.460 e. The van der Waals surface area contributed by atoms with Crippen LogP contribution in [0.15, 0.2) is 4.52 Å². The van der Waals surface area contributed by atoms with Crippen molar-refractivity contribution in [1.82, 2.24) is 10.1 Å². The Morgan fingerprint density at radius 3 is 2.40 bits per heavy atom. The first-order chi connectivity index (χ1) is 7.19. The monoisotopic (exact) mass is 214 g/mol. The molecule has 1 rings (SSSR count). The van der Waals surface area contributed by atoms with E-state index in [1.165, 1.54) is 0 Å². The second kappa shape index (κ2) is 5.08. The van der Waals surface area contributed by atoms with Crippen LogP contribution in [0.4, 0.5) is 0 Å². The fraction of sp³-hybridized carbons (Fsp3) is 0.500. The van der Waals surface area contributed by atoms with Gasteiger partial charge in [-0.1, -0.05) is 0 Å². The van der Waals surface area contributed by atoms with Crippen molar-refractivity contribution in [1.29, 1.82) is 0 Å². The topological polar surface area (TPSA) is 91.5 Å². The van der Waals surface area contributed by atoms with Gasteiger partial charge in [-0.2, -0.15) is 4.98 Å². The van der Waals surface area contributed by atoms with E-state index < -0.39 is 11.9 Å². The van der Waals surface area contributed by atoms with Crippen molar-refractivity contribution in [2.24, 2.45) is 0 Å². The zero-order valence-electron chi connectivity index (χ0n) is 8.35. The summed E-state index contributed by atoms with van der Waals surface area (Å²) in [4.78, 5) is 25.7. The molecule has 0 N–H and O–H groups in total. The van der Waals surface area contributed by atoms with E-state index in [0.29, 0.717) is 0 Å². The van der Waals surface area contributed by atoms with Crippen LogP contribution in [0.3, 0.4) is 0 Å². The van der Waals surface area contributed by atoms with E-state index in [1.54, 1.807) is 13.8 Å². The maximum atomic E-state index is 11.1. The van der Waals surface area contributed by atoms with Crippen molar-refractivity contribution in [2.45, 2.75) is 13.8 Å². The Kier molecular flexibility index (Phi) is 3.78. The number of carbonyl (C=O) groups is 2. The average Bonchev–Trinajstić information content (AvgIpc) is 2.67. The van der Waals surface area contributed by atoms with E-state index in [-0.39, 0.29) is 24.9 Å². The van der Waals surface area contributed by atoms with Crippen LogP contribution in [0.5, 0.6) is 0 Å². The van der Waals surface area contributed by atoms with E-state index in [1.807, 2.05) is 0 Å². The van der Waals surface area contributed by atoms with Gasteiger partial charge in [0.2, 0.25) is 0 Å². The number of nitrogens with zero attached hydrogens (tertiary/aromatic N) is 2. The Bertz CT molecular complexity index is 327. The molecule has 0 saturated heterocycles. The molecule has 0 atom stereocenters. The summed E-state index contributed by atoms with van der Waals surface area (Å²) in [5.74, 6) is -2.16. The molecule has 1 heterocycles. The standard InChI is InChI=1S/C8H10N2O5/c1-3-13-7(11)5-9-6(15-10-5)8(12)14-4-2/h3-4H2,1-2H3. The summed E-state index contributed by atoms with van der Waals surface area (Å²) >= 11 is 0. The minimum Gasteiger partial charge on any atom is -0.460 e. The molecule has 0 aliphatic carbocycles. The third-order valence-electron chi connectivity index (χ3n) is 1.33. The van der Waals surface area contributed by atoms with E-state index in [4.69, 9.17) is 0 Å². The summed E-state index contributed by atoms with van der Waals surface area (Å²) < 4.78 is 13.7. The molecule has 7 heteroatoms. The van der Waals surface area contributed by atoms with Gasteiger partial charge in [0, 0.05) is 0 Å². The first kappa shape index (κ1) is 11.2. The van der Waals surface area contributed by atoms with Crippen molar-refractivity contribution in [3.63, 3.8) is 0 Å². The summed E-state index contributed by atoms with van der Waals surface area (Å²) in [5.41, 5.74) is 0. The predicted molar refractivity (Wildman–Crippen MR) is 46.2 cm³/mol.